The van der Waals surface area contributed by atoms with Gasteiger partial charge in [0.1, 0.15) is 0 Å². The summed E-state index contributed by atoms with van der Waals surface area (Å²) in [7, 11) is 0. The summed E-state index contributed by atoms with van der Waals surface area (Å²) >= 11 is 13.3. The molecule has 31 heavy (non-hydrogen) atoms. The van der Waals surface area contributed by atoms with Crippen LogP contribution in [0, 0.1) is 5.92 Å². The molecule has 3 aliphatic rings. The molecule has 0 aliphatic carbocycles. The average molecular weight is 451 g/mol. The highest BCUT2D eigenvalue weighted by Gasteiger charge is 2.46. The van der Waals surface area contributed by atoms with E-state index in [0.717, 1.165) is 25.2 Å². The summed E-state index contributed by atoms with van der Waals surface area (Å²) in [6.45, 7) is 3.19. The zero-order chi connectivity index (χ0) is 21.2. The Morgan fingerprint density at radius 1 is 0.839 bits per heavy atom. The topological polar surface area (TPSA) is 15.3 Å². The predicted octanol–water partition coefficient (Wildman–Crippen LogP) is 6.38. The maximum absolute atomic E-state index is 6.81. The zero-order valence-corrected chi connectivity index (χ0v) is 19.1. The highest BCUT2D eigenvalue weighted by atomic mass is 35.5. The molecule has 3 aromatic rings. The number of fused-ring (bicyclic) bond motifs is 3. The van der Waals surface area contributed by atoms with Gasteiger partial charge in [0.05, 0.1) is 10.0 Å². The maximum atomic E-state index is 6.81. The number of nitrogens with zero attached hydrogens (tertiary/aromatic N) is 1. The predicted molar refractivity (Wildman–Crippen MR) is 130 cm³/mol. The summed E-state index contributed by atoms with van der Waals surface area (Å²) in [4.78, 5) is 2.68. The SMILES string of the molecule is Clc1cccc(C(c2ccccc2)[C@H]2[C@H](NCc3ccccc3)C3CCN2CC3)c1Cl. The summed E-state index contributed by atoms with van der Waals surface area (Å²) in [6.07, 6.45) is 2.52. The first-order valence-electron chi connectivity index (χ1n) is 11.2. The van der Waals surface area contributed by atoms with Crippen molar-refractivity contribution >= 4 is 23.2 Å². The fourth-order valence-electron chi connectivity index (χ4n) is 5.60. The number of halogens is 2. The summed E-state index contributed by atoms with van der Waals surface area (Å²) in [5.74, 6) is 0.853. The lowest BCUT2D eigenvalue weighted by Crippen LogP contribution is -2.64. The molecule has 3 atom stereocenters. The first-order valence-corrected chi connectivity index (χ1v) is 12.0. The van der Waals surface area contributed by atoms with Crippen molar-refractivity contribution < 1.29 is 0 Å². The second kappa shape index (κ2) is 9.34. The second-order valence-corrected chi connectivity index (χ2v) is 9.57. The van der Waals surface area contributed by atoms with E-state index in [1.165, 1.54) is 24.0 Å². The third-order valence-corrected chi connectivity index (χ3v) is 7.91. The van der Waals surface area contributed by atoms with Crippen molar-refractivity contribution in [1.29, 1.82) is 0 Å². The number of hydrogen-bond acceptors (Lipinski definition) is 2. The number of piperidine rings is 3. The summed E-state index contributed by atoms with van der Waals surface area (Å²) in [5, 5.41) is 5.27. The number of rotatable bonds is 6. The molecular formula is C27H28Cl2N2. The van der Waals surface area contributed by atoms with Gasteiger partial charge in [0.25, 0.3) is 0 Å². The second-order valence-electron chi connectivity index (χ2n) is 8.79. The molecular weight excluding hydrogens is 423 g/mol. The molecule has 0 amide bonds. The van der Waals surface area contributed by atoms with Crippen LogP contribution in [0.25, 0.3) is 0 Å². The maximum Gasteiger partial charge on any atom is 0.0631 e. The standard InChI is InChI=1S/C27H28Cl2N2/c28-23-13-7-12-22(25(23)29)24(20-10-5-2-6-11-20)27-26(21-14-16-31(27)17-15-21)30-18-19-8-3-1-4-9-19/h1-13,21,24,26-27,30H,14-18H2/t24?,26-,27+/m1/s1. The van der Waals surface area contributed by atoms with Gasteiger partial charge in [-0.3, -0.25) is 4.90 Å². The molecule has 3 fully saturated rings. The van der Waals surface area contributed by atoms with Crippen molar-refractivity contribution in [3.05, 3.63) is 106 Å². The molecule has 0 radical (unpaired) electrons. The number of nitrogens with one attached hydrogen (secondary N) is 1. The van der Waals surface area contributed by atoms with Crippen LogP contribution in [0.3, 0.4) is 0 Å². The first-order chi connectivity index (χ1) is 15.2. The van der Waals surface area contributed by atoms with E-state index in [-0.39, 0.29) is 5.92 Å². The van der Waals surface area contributed by atoms with Crippen molar-refractivity contribution in [3.8, 4) is 0 Å². The van der Waals surface area contributed by atoms with Crippen molar-refractivity contribution in [2.75, 3.05) is 13.1 Å². The highest BCUT2D eigenvalue weighted by Crippen LogP contribution is 2.44. The van der Waals surface area contributed by atoms with E-state index in [1.807, 2.05) is 12.1 Å². The van der Waals surface area contributed by atoms with Gasteiger partial charge in [0, 0.05) is 24.5 Å². The average Bonchev–Trinajstić information content (AvgIpc) is 2.83. The van der Waals surface area contributed by atoms with E-state index < -0.39 is 0 Å². The molecule has 1 unspecified atom stereocenters. The van der Waals surface area contributed by atoms with Crippen LogP contribution in [0.4, 0.5) is 0 Å². The lowest BCUT2D eigenvalue weighted by Gasteiger charge is -2.54. The van der Waals surface area contributed by atoms with E-state index in [0.29, 0.717) is 28.0 Å². The van der Waals surface area contributed by atoms with Crippen LogP contribution in [0.1, 0.15) is 35.4 Å². The van der Waals surface area contributed by atoms with Crippen molar-refractivity contribution in [1.82, 2.24) is 10.2 Å². The van der Waals surface area contributed by atoms with Crippen LogP contribution in [0.15, 0.2) is 78.9 Å². The monoisotopic (exact) mass is 450 g/mol. The zero-order valence-electron chi connectivity index (χ0n) is 17.6. The third-order valence-electron chi connectivity index (χ3n) is 7.07. The van der Waals surface area contributed by atoms with Crippen LogP contribution in [0.2, 0.25) is 10.0 Å². The Morgan fingerprint density at radius 3 is 2.23 bits per heavy atom. The van der Waals surface area contributed by atoms with Gasteiger partial charge in [-0.15, -0.1) is 0 Å². The Hall–Kier alpha value is -1.84. The Morgan fingerprint density at radius 2 is 1.52 bits per heavy atom. The molecule has 3 aromatic carbocycles. The lowest BCUT2D eigenvalue weighted by atomic mass is 9.70. The molecule has 3 saturated heterocycles. The van der Waals surface area contributed by atoms with E-state index in [4.69, 9.17) is 23.2 Å². The van der Waals surface area contributed by atoms with Crippen molar-refractivity contribution in [2.24, 2.45) is 5.92 Å². The lowest BCUT2D eigenvalue weighted by molar-refractivity contribution is 0.00469. The van der Waals surface area contributed by atoms with E-state index in [9.17, 15) is 0 Å². The Balaban J connectivity index is 1.55. The molecule has 160 valence electrons. The summed E-state index contributed by atoms with van der Waals surface area (Å²) < 4.78 is 0. The number of hydrogen-bond donors (Lipinski definition) is 1. The molecule has 0 spiro atoms. The van der Waals surface area contributed by atoms with Crippen LogP contribution in [-0.4, -0.2) is 30.1 Å². The Bertz CT molecular complexity index is 1000. The quantitative estimate of drug-likeness (QED) is 0.468. The smallest absolute Gasteiger partial charge is 0.0631 e. The van der Waals surface area contributed by atoms with Gasteiger partial charge in [0.2, 0.25) is 0 Å². The third kappa shape index (κ3) is 4.27. The summed E-state index contributed by atoms with van der Waals surface area (Å²) in [6, 6.07) is 28.3. The van der Waals surface area contributed by atoms with Crippen molar-refractivity contribution in [3.63, 3.8) is 0 Å². The minimum absolute atomic E-state index is 0.170. The Kier molecular flexibility index (Phi) is 6.34. The van der Waals surface area contributed by atoms with Gasteiger partial charge in [-0.25, -0.2) is 0 Å². The van der Waals surface area contributed by atoms with Crippen LogP contribution in [-0.2, 0) is 6.54 Å². The fourth-order valence-corrected chi connectivity index (χ4v) is 6.03. The molecule has 0 saturated carbocycles. The molecule has 3 heterocycles. The van der Waals surface area contributed by atoms with Crippen LogP contribution in [0.5, 0.6) is 0 Å². The van der Waals surface area contributed by atoms with Crippen molar-refractivity contribution in [2.45, 2.75) is 37.4 Å². The molecule has 2 nitrogen and oxygen atoms in total. The van der Waals surface area contributed by atoms with Gasteiger partial charge in [0.15, 0.2) is 0 Å². The van der Waals surface area contributed by atoms with Gasteiger partial charge in [-0.05, 0) is 54.6 Å². The van der Waals surface area contributed by atoms with Gasteiger partial charge < -0.3 is 5.32 Å². The van der Waals surface area contributed by atoms with Gasteiger partial charge in [-0.2, -0.15) is 0 Å². The molecule has 1 N–H and O–H groups in total. The van der Waals surface area contributed by atoms with Crippen LogP contribution < -0.4 is 5.32 Å². The van der Waals surface area contributed by atoms with E-state index in [2.05, 4.69) is 76.9 Å². The van der Waals surface area contributed by atoms with Crippen LogP contribution >= 0.6 is 23.2 Å². The Labute approximate surface area is 195 Å². The summed E-state index contributed by atoms with van der Waals surface area (Å²) in [5.41, 5.74) is 3.76. The van der Waals surface area contributed by atoms with E-state index in [1.54, 1.807) is 0 Å². The largest absolute Gasteiger partial charge is 0.308 e. The molecule has 3 aliphatic heterocycles. The molecule has 2 bridgehead atoms. The minimum Gasteiger partial charge on any atom is -0.308 e. The minimum atomic E-state index is 0.170. The van der Waals surface area contributed by atoms with Gasteiger partial charge >= 0.3 is 0 Å². The van der Waals surface area contributed by atoms with Gasteiger partial charge in [-0.1, -0.05) is 96.0 Å². The number of benzene rings is 3. The fraction of sp³-hybridized carbons (Fsp3) is 0.333. The normalized spacial score (nSPS) is 26.0. The molecule has 4 heteroatoms. The highest BCUT2D eigenvalue weighted by molar-refractivity contribution is 6.42. The first kappa shape index (κ1) is 21.0. The molecule has 6 rings (SSSR count). The van der Waals surface area contributed by atoms with E-state index >= 15 is 0 Å². The molecule has 0 aromatic heterocycles.